The van der Waals surface area contributed by atoms with Gasteiger partial charge < -0.3 is 14.8 Å². The van der Waals surface area contributed by atoms with Gasteiger partial charge in [-0.25, -0.2) is 4.79 Å². The molecule has 0 saturated heterocycles. The molecule has 2 N–H and O–H groups in total. The Morgan fingerprint density at radius 1 is 1.29 bits per heavy atom. The van der Waals surface area contributed by atoms with Crippen LogP contribution in [-0.2, 0) is 6.42 Å². The van der Waals surface area contributed by atoms with Gasteiger partial charge in [-0.1, -0.05) is 30.3 Å². The topological polar surface area (TPSA) is 88.2 Å². The molecular weight excluding hydrogens is 270 g/mol. The van der Waals surface area contributed by atoms with E-state index in [0.29, 0.717) is 18.2 Å². The number of hydrogen-bond acceptors (Lipinski definition) is 4. The van der Waals surface area contributed by atoms with Gasteiger partial charge in [-0.3, -0.25) is 0 Å². The minimum absolute atomic E-state index is 0.0167. The van der Waals surface area contributed by atoms with Gasteiger partial charge in [0.2, 0.25) is 11.8 Å². The summed E-state index contributed by atoms with van der Waals surface area (Å²) >= 11 is 0. The van der Waals surface area contributed by atoms with Gasteiger partial charge in [-0.15, -0.1) is 10.2 Å². The highest BCUT2D eigenvalue weighted by atomic mass is 16.4. The second-order valence-electron chi connectivity index (χ2n) is 5.35. The lowest BCUT2D eigenvalue weighted by atomic mass is 10.1. The van der Waals surface area contributed by atoms with Gasteiger partial charge in [0.1, 0.15) is 0 Å². The Hall–Kier alpha value is -2.37. The molecule has 1 aromatic carbocycles. The maximum Gasteiger partial charge on any atom is 0.404 e. The number of carbonyl (C=O) groups is 1. The average Bonchev–Trinajstić information content (AvgIpc) is 3.08. The summed E-state index contributed by atoms with van der Waals surface area (Å²) in [6.45, 7) is 0. The molecule has 1 aliphatic carbocycles. The standard InChI is InChI=1S/C15H17N3O3/c19-15(20)16-12-7-6-11(9-12)14-18-17-13(21-14)8-10-4-2-1-3-5-10/h1-5,11-12,16H,6-9H2,(H,19,20)/t11-,12-/m0/s1. The molecule has 0 aliphatic heterocycles. The smallest absolute Gasteiger partial charge is 0.404 e. The Morgan fingerprint density at radius 2 is 2.10 bits per heavy atom. The number of aromatic nitrogens is 2. The summed E-state index contributed by atoms with van der Waals surface area (Å²) in [5.41, 5.74) is 1.13. The molecule has 6 heteroatoms. The van der Waals surface area contributed by atoms with E-state index in [2.05, 4.69) is 15.5 Å². The molecule has 6 nitrogen and oxygen atoms in total. The van der Waals surface area contributed by atoms with Crippen molar-refractivity contribution in [2.75, 3.05) is 0 Å². The molecular formula is C15H17N3O3. The van der Waals surface area contributed by atoms with Crippen molar-refractivity contribution in [3.63, 3.8) is 0 Å². The second kappa shape index (κ2) is 5.95. The Labute approximate surface area is 122 Å². The van der Waals surface area contributed by atoms with E-state index in [9.17, 15) is 4.79 Å². The molecule has 1 aliphatic rings. The summed E-state index contributed by atoms with van der Waals surface area (Å²) in [7, 11) is 0. The molecule has 2 aromatic rings. The number of nitrogens with one attached hydrogen (secondary N) is 1. The van der Waals surface area contributed by atoms with E-state index < -0.39 is 6.09 Å². The highest BCUT2D eigenvalue weighted by molar-refractivity contribution is 5.64. The first-order valence-electron chi connectivity index (χ1n) is 7.06. The van der Waals surface area contributed by atoms with Gasteiger partial charge in [-0.05, 0) is 24.8 Å². The van der Waals surface area contributed by atoms with E-state index in [-0.39, 0.29) is 12.0 Å². The minimum atomic E-state index is -0.976. The van der Waals surface area contributed by atoms with Crippen molar-refractivity contribution < 1.29 is 14.3 Å². The Bertz CT molecular complexity index is 612. The lowest BCUT2D eigenvalue weighted by molar-refractivity contribution is 0.190. The molecule has 3 rings (SSSR count). The predicted molar refractivity (Wildman–Crippen MR) is 75.1 cm³/mol. The second-order valence-corrected chi connectivity index (χ2v) is 5.35. The van der Waals surface area contributed by atoms with Crippen molar-refractivity contribution in [1.82, 2.24) is 15.5 Å². The Kier molecular flexibility index (Phi) is 3.85. The summed E-state index contributed by atoms with van der Waals surface area (Å²) < 4.78 is 5.73. The molecule has 1 aromatic heterocycles. The third kappa shape index (κ3) is 3.39. The van der Waals surface area contributed by atoms with E-state index >= 15 is 0 Å². The fourth-order valence-electron chi connectivity index (χ4n) is 2.79. The van der Waals surface area contributed by atoms with Gasteiger partial charge >= 0.3 is 6.09 Å². The summed E-state index contributed by atoms with van der Waals surface area (Å²) in [4.78, 5) is 10.6. The zero-order chi connectivity index (χ0) is 14.7. The van der Waals surface area contributed by atoms with Crippen molar-refractivity contribution in [2.24, 2.45) is 0 Å². The van der Waals surface area contributed by atoms with Gasteiger partial charge in [0.05, 0.1) is 6.42 Å². The number of amides is 1. The van der Waals surface area contributed by atoms with Crippen LogP contribution in [0.1, 0.15) is 42.5 Å². The summed E-state index contributed by atoms with van der Waals surface area (Å²) in [5, 5.41) is 19.5. The van der Waals surface area contributed by atoms with Gasteiger partial charge in [0.25, 0.3) is 0 Å². The van der Waals surface area contributed by atoms with Crippen molar-refractivity contribution in [3.8, 4) is 0 Å². The maximum absolute atomic E-state index is 10.6. The van der Waals surface area contributed by atoms with Gasteiger partial charge in [0, 0.05) is 12.0 Å². The summed E-state index contributed by atoms with van der Waals surface area (Å²) in [6, 6.07) is 9.95. The van der Waals surface area contributed by atoms with Crippen LogP contribution in [0, 0.1) is 0 Å². The van der Waals surface area contributed by atoms with Crippen molar-refractivity contribution >= 4 is 6.09 Å². The van der Waals surface area contributed by atoms with E-state index in [1.54, 1.807) is 0 Å². The van der Waals surface area contributed by atoms with E-state index in [4.69, 9.17) is 9.52 Å². The fraction of sp³-hybridized carbons (Fsp3) is 0.400. The molecule has 0 unspecified atom stereocenters. The van der Waals surface area contributed by atoms with Crippen LogP contribution in [0.5, 0.6) is 0 Å². The van der Waals surface area contributed by atoms with Gasteiger partial charge in [-0.2, -0.15) is 0 Å². The van der Waals surface area contributed by atoms with Crippen LogP contribution in [0.25, 0.3) is 0 Å². The van der Waals surface area contributed by atoms with Crippen LogP contribution in [-0.4, -0.2) is 27.4 Å². The SMILES string of the molecule is O=C(O)N[C@H]1CC[C@H](c2nnc(Cc3ccccc3)o2)C1. The molecule has 1 fully saturated rings. The van der Waals surface area contributed by atoms with E-state index in [1.165, 1.54) is 0 Å². The van der Waals surface area contributed by atoms with Crippen molar-refractivity contribution in [2.45, 2.75) is 37.6 Å². The number of hydrogen-bond donors (Lipinski definition) is 2. The lowest BCUT2D eigenvalue weighted by Gasteiger charge is -2.08. The van der Waals surface area contributed by atoms with Crippen LogP contribution < -0.4 is 5.32 Å². The van der Waals surface area contributed by atoms with Crippen molar-refractivity contribution in [1.29, 1.82) is 0 Å². The summed E-state index contributed by atoms with van der Waals surface area (Å²) in [5.74, 6) is 1.38. The zero-order valence-electron chi connectivity index (χ0n) is 11.5. The number of nitrogens with zero attached hydrogens (tertiary/aromatic N) is 2. The molecule has 0 spiro atoms. The molecule has 2 atom stereocenters. The number of benzene rings is 1. The normalized spacial score (nSPS) is 21.3. The molecule has 1 amide bonds. The third-order valence-electron chi connectivity index (χ3n) is 3.79. The highest BCUT2D eigenvalue weighted by Gasteiger charge is 2.30. The van der Waals surface area contributed by atoms with E-state index in [0.717, 1.165) is 24.8 Å². The number of carboxylic acid groups (broad SMARTS) is 1. The van der Waals surface area contributed by atoms with Crippen LogP contribution in [0.2, 0.25) is 0 Å². The largest absolute Gasteiger partial charge is 0.465 e. The first kappa shape index (κ1) is 13.6. The van der Waals surface area contributed by atoms with Crippen LogP contribution in [0.4, 0.5) is 4.79 Å². The molecule has 0 radical (unpaired) electrons. The maximum atomic E-state index is 10.6. The van der Waals surface area contributed by atoms with Crippen LogP contribution in [0.3, 0.4) is 0 Å². The average molecular weight is 287 g/mol. The van der Waals surface area contributed by atoms with Crippen LogP contribution >= 0.6 is 0 Å². The third-order valence-corrected chi connectivity index (χ3v) is 3.79. The monoisotopic (exact) mass is 287 g/mol. The Balaban J connectivity index is 1.62. The predicted octanol–water partition coefficient (Wildman–Crippen LogP) is 2.56. The zero-order valence-corrected chi connectivity index (χ0v) is 11.5. The summed E-state index contributed by atoms with van der Waals surface area (Å²) in [6.07, 6.45) is 2.05. The molecule has 1 saturated carbocycles. The highest BCUT2D eigenvalue weighted by Crippen LogP contribution is 2.33. The van der Waals surface area contributed by atoms with E-state index in [1.807, 2.05) is 30.3 Å². The quantitative estimate of drug-likeness (QED) is 0.902. The molecule has 21 heavy (non-hydrogen) atoms. The molecule has 110 valence electrons. The Morgan fingerprint density at radius 3 is 2.86 bits per heavy atom. The molecule has 0 bridgehead atoms. The fourth-order valence-corrected chi connectivity index (χ4v) is 2.79. The minimum Gasteiger partial charge on any atom is -0.465 e. The van der Waals surface area contributed by atoms with Crippen LogP contribution in [0.15, 0.2) is 34.7 Å². The number of rotatable bonds is 4. The first-order valence-corrected chi connectivity index (χ1v) is 7.06. The van der Waals surface area contributed by atoms with Gasteiger partial charge in [0.15, 0.2) is 0 Å². The lowest BCUT2D eigenvalue weighted by Crippen LogP contribution is -2.31. The molecule has 1 heterocycles. The first-order chi connectivity index (χ1) is 10.2. The van der Waals surface area contributed by atoms with Crippen molar-refractivity contribution in [3.05, 3.63) is 47.7 Å².